The number of hydrogen-bond acceptors (Lipinski definition) is 9. The number of nitrogens with zero attached hydrogens (tertiary/aromatic N) is 1. The first-order valence-electron chi connectivity index (χ1n) is 10.8. The molecule has 2 heterocycles. The monoisotopic (exact) mass is 457 g/mol. The summed E-state index contributed by atoms with van der Waals surface area (Å²) in [6.07, 6.45) is -4.71. The fourth-order valence-corrected chi connectivity index (χ4v) is 4.48. The number of aliphatic hydroxyl groups is 5. The number of aliphatic hydroxyl groups excluding tert-OH is 4. The summed E-state index contributed by atoms with van der Waals surface area (Å²) in [6.45, 7) is -0.0311. The van der Waals surface area contributed by atoms with Crippen molar-refractivity contribution in [3.63, 3.8) is 0 Å². The number of nitriles is 1. The van der Waals surface area contributed by atoms with Crippen LogP contribution in [0.1, 0.15) is 46.8 Å². The second-order valence-electron chi connectivity index (χ2n) is 8.52. The highest BCUT2D eigenvalue weighted by atomic mass is 16.7. The minimum atomic E-state index is -2.42. The Morgan fingerprint density at radius 2 is 1.88 bits per heavy atom. The molecule has 0 radical (unpaired) electrons. The Labute approximate surface area is 190 Å². The number of benzene rings is 2. The van der Waals surface area contributed by atoms with Gasteiger partial charge in [-0.3, -0.25) is 0 Å². The highest BCUT2D eigenvalue weighted by Gasteiger charge is 2.53. The smallest absolute Gasteiger partial charge is 0.222 e. The van der Waals surface area contributed by atoms with Crippen molar-refractivity contribution in [3.8, 4) is 11.8 Å². The second-order valence-corrected chi connectivity index (χ2v) is 8.52. The molecule has 2 fully saturated rings. The van der Waals surface area contributed by atoms with Crippen molar-refractivity contribution in [2.24, 2.45) is 0 Å². The molecule has 9 heteroatoms. The molecule has 2 aromatic rings. The molecular weight excluding hydrogens is 430 g/mol. The molecule has 2 saturated heterocycles. The third kappa shape index (κ3) is 4.35. The summed E-state index contributed by atoms with van der Waals surface area (Å²) in [5.74, 6) is -2.32. The Morgan fingerprint density at radius 1 is 1.09 bits per heavy atom. The fourth-order valence-electron chi connectivity index (χ4n) is 4.48. The van der Waals surface area contributed by atoms with Crippen molar-refractivity contribution < 1.29 is 40.1 Å². The van der Waals surface area contributed by atoms with E-state index in [-0.39, 0.29) is 23.8 Å². The van der Waals surface area contributed by atoms with Gasteiger partial charge in [0.25, 0.3) is 0 Å². The lowest BCUT2D eigenvalue weighted by Gasteiger charge is -2.45. The van der Waals surface area contributed by atoms with Crippen molar-refractivity contribution in [3.05, 3.63) is 64.2 Å². The van der Waals surface area contributed by atoms with E-state index in [4.69, 9.17) is 9.47 Å². The number of phenols is 1. The second kappa shape index (κ2) is 9.37. The van der Waals surface area contributed by atoms with Crippen molar-refractivity contribution in [1.29, 1.82) is 5.26 Å². The molecule has 0 unspecified atom stereocenters. The highest BCUT2D eigenvalue weighted by Crippen LogP contribution is 2.38. The zero-order chi connectivity index (χ0) is 23.8. The lowest BCUT2D eigenvalue weighted by atomic mass is 9.86. The summed E-state index contributed by atoms with van der Waals surface area (Å²) in [4.78, 5) is 0. The van der Waals surface area contributed by atoms with Crippen LogP contribution < -0.4 is 0 Å². The van der Waals surface area contributed by atoms with Crippen molar-refractivity contribution in [2.45, 2.75) is 55.6 Å². The number of hydrogen-bond donors (Lipinski definition) is 6. The van der Waals surface area contributed by atoms with E-state index in [1.165, 1.54) is 18.2 Å². The molecular formula is C24H27NO8. The van der Waals surface area contributed by atoms with Crippen molar-refractivity contribution >= 4 is 0 Å². The van der Waals surface area contributed by atoms with Crippen molar-refractivity contribution in [2.75, 3.05) is 13.2 Å². The molecule has 2 aliphatic heterocycles. The average molecular weight is 457 g/mol. The van der Waals surface area contributed by atoms with Crippen LogP contribution in [0.3, 0.4) is 0 Å². The van der Waals surface area contributed by atoms with Gasteiger partial charge in [0.05, 0.1) is 24.3 Å². The van der Waals surface area contributed by atoms with Crippen LogP contribution in [0.2, 0.25) is 0 Å². The topological polar surface area (TPSA) is 164 Å². The van der Waals surface area contributed by atoms with Gasteiger partial charge in [0.2, 0.25) is 5.79 Å². The predicted octanol–water partition coefficient (Wildman–Crippen LogP) is 0.325. The van der Waals surface area contributed by atoms with Crippen LogP contribution in [0.5, 0.6) is 5.75 Å². The molecule has 0 spiro atoms. The normalized spacial score (nSPS) is 31.9. The maximum absolute atomic E-state index is 11.1. The van der Waals surface area contributed by atoms with E-state index in [0.717, 1.165) is 12.8 Å². The van der Waals surface area contributed by atoms with E-state index in [9.17, 15) is 35.9 Å². The van der Waals surface area contributed by atoms with Crippen molar-refractivity contribution in [1.82, 2.24) is 0 Å². The zero-order valence-corrected chi connectivity index (χ0v) is 17.8. The molecule has 2 aromatic carbocycles. The first-order valence-corrected chi connectivity index (χ1v) is 10.8. The van der Waals surface area contributed by atoms with Gasteiger partial charge >= 0.3 is 0 Å². The van der Waals surface area contributed by atoms with Crippen LogP contribution in [-0.4, -0.2) is 68.3 Å². The van der Waals surface area contributed by atoms with Crippen LogP contribution in [0.15, 0.2) is 36.4 Å². The molecule has 4 rings (SSSR count). The Balaban J connectivity index is 1.65. The summed E-state index contributed by atoms with van der Waals surface area (Å²) < 4.78 is 11.0. The molecule has 0 amide bonds. The standard InChI is InChI=1S/C24H27NO8/c25-11-14-4-5-16(24(31)23(30)22(29)21(28)20(12-26)33-24)10-15(14)8-13-3-6-17(18(27)9-13)19-2-1-7-32-19/h3-6,9-10,19-23,26-31H,1-2,7-8,12H2/t19-,20+,21+,22-,23+,24-/m0/s1. The Bertz CT molecular complexity index is 1050. The van der Waals surface area contributed by atoms with E-state index in [1.54, 1.807) is 12.1 Å². The minimum absolute atomic E-state index is 0.0496. The number of rotatable bonds is 5. The molecule has 33 heavy (non-hydrogen) atoms. The fraction of sp³-hybridized carbons (Fsp3) is 0.458. The molecule has 2 aliphatic rings. The minimum Gasteiger partial charge on any atom is -0.508 e. The van der Waals surface area contributed by atoms with Gasteiger partial charge in [-0.2, -0.15) is 5.26 Å². The first kappa shape index (κ1) is 23.6. The molecule has 0 bridgehead atoms. The molecule has 176 valence electrons. The Kier molecular flexibility index (Phi) is 6.70. The van der Waals surface area contributed by atoms with Crippen LogP contribution in [0, 0.1) is 11.3 Å². The van der Waals surface area contributed by atoms with Gasteiger partial charge in [-0.1, -0.05) is 18.2 Å². The van der Waals surface area contributed by atoms with E-state index >= 15 is 0 Å². The lowest BCUT2D eigenvalue weighted by Crippen LogP contribution is -2.63. The van der Waals surface area contributed by atoms with Gasteiger partial charge < -0.3 is 40.1 Å². The van der Waals surface area contributed by atoms with E-state index in [2.05, 4.69) is 6.07 Å². The summed E-state index contributed by atoms with van der Waals surface area (Å²) >= 11 is 0. The van der Waals surface area contributed by atoms with Gasteiger partial charge in [0.1, 0.15) is 30.2 Å². The van der Waals surface area contributed by atoms with Gasteiger partial charge in [0, 0.05) is 17.7 Å². The zero-order valence-electron chi connectivity index (χ0n) is 17.8. The van der Waals surface area contributed by atoms with E-state index in [0.29, 0.717) is 28.9 Å². The largest absolute Gasteiger partial charge is 0.508 e. The lowest BCUT2D eigenvalue weighted by molar-refractivity contribution is -0.357. The maximum Gasteiger partial charge on any atom is 0.222 e. The number of aromatic hydroxyl groups is 1. The Hall–Kier alpha value is -2.55. The predicted molar refractivity (Wildman–Crippen MR) is 114 cm³/mol. The molecule has 0 aliphatic carbocycles. The number of phenolic OH excluding ortho intramolecular Hbond substituents is 1. The quantitative estimate of drug-likeness (QED) is 0.371. The molecule has 6 N–H and O–H groups in total. The summed E-state index contributed by atoms with van der Waals surface area (Å²) in [5, 5.41) is 71.1. The van der Waals surface area contributed by atoms with Gasteiger partial charge in [-0.15, -0.1) is 0 Å². The van der Waals surface area contributed by atoms with Crippen LogP contribution >= 0.6 is 0 Å². The van der Waals surface area contributed by atoms with Gasteiger partial charge in [-0.05, 0) is 48.6 Å². The summed E-state index contributed by atoms with van der Waals surface area (Å²) in [6, 6.07) is 11.6. The first-order chi connectivity index (χ1) is 15.8. The summed E-state index contributed by atoms with van der Waals surface area (Å²) in [5.41, 5.74) is 2.28. The van der Waals surface area contributed by atoms with Crippen LogP contribution in [0.4, 0.5) is 0 Å². The van der Waals surface area contributed by atoms with Crippen LogP contribution in [-0.2, 0) is 21.7 Å². The maximum atomic E-state index is 11.1. The number of ether oxygens (including phenoxy) is 2. The Morgan fingerprint density at radius 3 is 2.52 bits per heavy atom. The third-order valence-electron chi connectivity index (χ3n) is 6.37. The van der Waals surface area contributed by atoms with E-state index in [1.807, 2.05) is 6.07 Å². The summed E-state index contributed by atoms with van der Waals surface area (Å²) in [7, 11) is 0. The molecule has 0 aromatic heterocycles. The van der Waals surface area contributed by atoms with Gasteiger partial charge in [0.15, 0.2) is 0 Å². The SMILES string of the molecule is N#Cc1ccc([C@]2(O)O[C@H](CO)[C@@H](O)[C@H](O)[C@H]2O)cc1Cc1ccc([C@@H]2CCCO2)c(O)c1. The van der Waals surface area contributed by atoms with E-state index < -0.39 is 36.8 Å². The molecule has 9 nitrogen and oxygen atoms in total. The van der Waals surface area contributed by atoms with Crippen LogP contribution in [0.25, 0.3) is 0 Å². The van der Waals surface area contributed by atoms with Gasteiger partial charge in [-0.25, -0.2) is 0 Å². The molecule has 0 saturated carbocycles. The molecule has 6 atom stereocenters. The third-order valence-corrected chi connectivity index (χ3v) is 6.37. The average Bonchev–Trinajstić information content (AvgIpc) is 3.35. The highest BCUT2D eigenvalue weighted by molar-refractivity contribution is 5.46.